The quantitative estimate of drug-likeness (QED) is 0.647. The van der Waals surface area contributed by atoms with Gasteiger partial charge in [0, 0.05) is 0 Å². The zero-order valence-electron chi connectivity index (χ0n) is 10.7. The number of thioether (sulfide) groups is 1. The van der Waals surface area contributed by atoms with Crippen molar-refractivity contribution in [3.8, 4) is 0 Å². The zero-order chi connectivity index (χ0) is 13.5. The van der Waals surface area contributed by atoms with Crippen molar-refractivity contribution in [3.05, 3.63) is 0 Å². The number of ether oxygens (including phenoxy) is 1. The summed E-state index contributed by atoms with van der Waals surface area (Å²) in [5, 5.41) is 0. The summed E-state index contributed by atoms with van der Waals surface area (Å²) < 4.78 is 4.94. The van der Waals surface area contributed by atoms with Crippen LogP contribution in [-0.4, -0.2) is 35.7 Å². The molecule has 0 aliphatic heterocycles. The molecule has 0 heterocycles. The summed E-state index contributed by atoms with van der Waals surface area (Å²) in [7, 11) is 0. The molecule has 1 atom stereocenters. The van der Waals surface area contributed by atoms with Gasteiger partial charge in [-0.3, -0.25) is 10.2 Å². The van der Waals surface area contributed by atoms with Gasteiger partial charge in [0.15, 0.2) is 0 Å². The lowest BCUT2D eigenvalue weighted by molar-refractivity contribution is -0.123. The van der Waals surface area contributed by atoms with Gasteiger partial charge in [-0.2, -0.15) is 11.8 Å². The number of nitrogens with one attached hydrogen (secondary N) is 2. The lowest BCUT2D eigenvalue weighted by atomic mass is 10.2. The number of carbonyl (C=O) groups excluding carboxylic acids is 2. The van der Waals surface area contributed by atoms with E-state index >= 15 is 0 Å². The summed E-state index contributed by atoms with van der Waals surface area (Å²) in [4.78, 5) is 22.6. The van der Waals surface area contributed by atoms with Crippen LogP contribution >= 0.6 is 11.8 Å². The highest BCUT2D eigenvalue weighted by Gasteiger charge is 2.18. The fourth-order valence-electron chi connectivity index (χ4n) is 0.885. The molecule has 0 aromatic carbocycles. The first-order valence-corrected chi connectivity index (χ1v) is 6.69. The van der Waals surface area contributed by atoms with Crippen LogP contribution in [0, 0.1) is 0 Å². The van der Waals surface area contributed by atoms with Crippen molar-refractivity contribution in [1.29, 1.82) is 0 Å². The van der Waals surface area contributed by atoms with Crippen molar-refractivity contribution in [2.45, 2.75) is 38.8 Å². The van der Waals surface area contributed by atoms with Crippen LogP contribution in [0.1, 0.15) is 27.2 Å². The average molecular weight is 263 g/mol. The van der Waals surface area contributed by atoms with E-state index in [1.54, 1.807) is 32.5 Å². The van der Waals surface area contributed by atoms with Crippen molar-refractivity contribution < 1.29 is 14.3 Å². The van der Waals surface area contributed by atoms with Gasteiger partial charge in [0.05, 0.1) is 6.04 Å². The Balaban J connectivity index is 3.87. The molecule has 0 saturated carbocycles. The molecule has 0 saturated heterocycles. The Kier molecular flexibility index (Phi) is 6.98. The van der Waals surface area contributed by atoms with Crippen LogP contribution in [0.2, 0.25) is 0 Å². The molecule has 0 radical (unpaired) electrons. The van der Waals surface area contributed by atoms with Gasteiger partial charge in [-0.05, 0) is 39.2 Å². The standard InChI is InChI=1S/C10H21N3O3S/c1-10(2,3)16-9(15)13-12-8(14)7(11)5-6-17-4/h7H,5-6,11H2,1-4H3,(H,12,14)(H,13,15). The van der Waals surface area contributed by atoms with Crippen LogP contribution in [0.3, 0.4) is 0 Å². The number of hydrazine groups is 1. The summed E-state index contributed by atoms with van der Waals surface area (Å²) in [6.45, 7) is 5.20. The van der Waals surface area contributed by atoms with Crippen LogP contribution in [-0.2, 0) is 9.53 Å². The maximum Gasteiger partial charge on any atom is 0.426 e. The van der Waals surface area contributed by atoms with Crippen LogP contribution in [0.15, 0.2) is 0 Å². The third-order valence-corrected chi connectivity index (χ3v) is 2.30. The minimum Gasteiger partial charge on any atom is -0.443 e. The maximum atomic E-state index is 11.4. The molecule has 17 heavy (non-hydrogen) atoms. The van der Waals surface area contributed by atoms with Gasteiger partial charge < -0.3 is 10.5 Å². The van der Waals surface area contributed by atoms with E-state index in [0.29, 0.717) is 6.42 Å². The number of amides is 2. The van der Waals surface area contributed by atoms with E-state index in [2.05, 4.69) is 10.9 Å². The maximum absolute atomic E-state index is 11.4. The largest absolute Gasteiger partial charge is 0.443 e. The molecule has 0 bridgehead atoms. The molecule has 0 rings (SSSR count). The monoisotopic (exact) mass is 263 g/mol. The first-order chi connectivity index (χ1) is 7.76. The van der Waals surface area contributed by atoms with Gasteiger partial charge in [0.1, 0.15) is 5.60 Å². The normalized spacial score (nSPS) is 12.8. The molecule has 4 N–H and O–H groups in total. The lowest BCUT2D eigenvalue weighted by Crippen LogP contribution is -2.50. The second-order valence-corrected chi connectivity index (χ2v) is 5.49. The Bertz CT molecular complexity index is 266. The number of hydrogen-bond acceptors (Lipinski definition) is 5. The highest BCUT2D eigenvalue weighted by Crippen LogP contribution is 2.05. The van der Waals surface area contributed by atoms with E-state index in [-0.39, 0.29) is 0 Å². The van der Waals surface area contributed by atoms with E-state index in [9.17, 15) is 9.59 Å². The Morgan fingerprint density at radius 3 is 2.41 bits per heavy atom. The summed E-state index contributed by atoms with van der Waals surface area (Å²) >= 11 is 1.61. The summed E-state index contributed by atoms with van der Waals surface area (Å²) in [5.74, 6) is 0.367. The SMILES string of the molecule is CSCCC(N)C(=O)NNC(=O)OC(C)(C)C. The minimum atomic E-state index is -0.706. The Morgan fingerprint density at radius 2 is 1.94 bits per heavy atom. The first kappa shape index (κ1) is 16.1. The van der Waals surface area contributed by atoms with Gasteiger partial charge in [-0.1, -0.05) is 0 Å². The number of hydrogen-bond donors (Lipinski definition) is 3. The predicted molar refractivity (Wildman–Crippen MR) is 68.5 cm³/mol. The topological polar surface area (TPSA) is 93.5 Å². The summed E-state index contributed by atoms with van der Waals surface area (Å²) in [6.07, 6.45) is 1.79. The second-order valence-electron chi connectivity index (χ2n) is 4.50. The van der Waals surface area contributed by atoms with Gasteiger partial charge in [0.2, 0.25) is 0 Å². The molecule has 0 aromatic heterocycles. The molecule has 2 amide bonds. The fourth-order valence-corrected chi connectivity index (χ4v) is 1.37. The van der Waals surface area contributed by atoms with Crippen molar-refractivity contribution in [2.75, 3.05) is 12.0 Å². The molecule has 7 heteroatoms. The molecule has 0 aliphatic rings. The number of carbonyl (C=O) groups is 2. The van der Waals surface area contributed by atoms with E-state index in [1.165, 1.54) is 0 Å². The smallest absolute Gasteiger partial charge is 0.426 e. The van der Waals surface area contributed by atoms with Crippen LogP contribution in [0.5, 0.6) is 0 Å². The molecule has 0 fully saturated rings. The lowest BCUT2D eigenvalue weighted by Gasteiger charge is -2.20. The minimum absolute atomic E-state index is 0.426. The van der Waals surface area contributed by atoms with Crippen LogP contribution in [0.25, 0.3) is 0 Å². The van der Waals surface area contributed by atoms with Gasteiger partial charge in [-0.25, -0.2) is 10.2 Å². The molecule has 6 nitrogen and oxygen atoms in total. The van der Waals surface area contributed by atoms with E-state index in [1.807, 2.05) is 6.26 Å². The van der Waals surface area contributed by atoms with Gasteiger partial charge in [-0.15, -0.1) is 0 Å². The fraction of sp³-hybridized carbons (Fsp3) is 0.800. The summed E-state index contributed by atoms with van der Waals surface area (Å²) in [5.41, 5.74) is 9.36. The Labute approximate surface area is 106 Å². The van der Waals surface area contributed by atoms with E-state index < -0.39 is 23.6 Å². The first-order valence-electron chi connectivity index (χ1n) is 5.29. The Morgan fingerprint density at radius 1 is 1.35 bits per heavy atom. The van der Waals surface area contributed by atoms with Gasteiger partial charge in [0.25, 0.3) is 5.91 Å². The van der Waals surface area contributed by atoms with Crippen LogP contribution < -0.4 is 16.6 Å². The van der Waals surface area contributed by atoms with Crippen molar-refractivity contribution in [2.24, 2.45) is 5.73 Å². The Hall–Kier alpha value is -0.950. The van der Waals surface area contributed by atoms with Crippen molar-refractivity contribution in [1.82, 2.24) is 10.9 Å². The number of nitrogens with two attached hydrogens (primary N) is 1. The molecule has 0 spiro atoms. The average Bonchev–Trinajstić information content (AvgIpc) is 2.20. The highest BCUT2D eigenvalue weighted by molar-refractivity contribution is 7.98. The molecule has 1 unspecified atom stereocenters. The van der Waals surface area contributed by atoms with Gasteiger partial charge >= 0.3 is 6.09 Å². The third-order valence-electron chi connectivity index (χ3n) is 1.66. The molecular weight excluding hydrogens is 242 g/mol. The third kappa shape index (κ3) is 8.82. The molecular formula is C10H21N3O3S. The second kappa shape index (κ2) is 7.39. The van der Waals surface area contributed by atoms with Crippen molar-refractivity contribution >= 4 is 23.8 Å². The van der Waals surface area contributed by atoms with E-state index in [4.69, 9.17) is 10.5 Å². The predicted octanol–water partition coefficient (Wildman–Crippen LogP) is 0.623. The highest BCUT2D eigenvalue weighted by atomic mass is 32.2. The molecule has 0 aromatic rings. The number of rotatable bonds is 4. The zero-order valence-corrected chi connectivity index (χ0v) is 11.5. The molecule has 100 valence electrons. The van der Waals surface area contributed by atoms with Crippen LogP contribution in [0.4, 0.5) is 4.79 Å². The van der Waals surface area contributed by atoms with Crippen molar-refractivity contribution in [3.63, 3.8) is 0 Å². The van der Waals surface area contributed by atoms with E-state index in [0.717, 1.165) is 5.75 Å². The molecule has 0 aliphatic carbocycles. The summed E-state index contributed by atoms with van der Waals surface area (Å²) in [6, 6.07) is -0.627.